The Bertz CT molecular complexity index is 962. The topological polar surface area (TPSA) is 66.4 Å². The molecule has 1 saturated heterocycles. The maximum absolute atomic E-state index is 12.2. The summed E-state index contributed by atoms with van der Waals surface area (Å²) in [4.78, 5) is 14.9. The van der Waals surface area contributed by atoms with E-state index in [9.17, 15) is 8.42 Å². The highest BCUT2D eigenvalue weighted by Crippen LogP contribution is 2.40. The fourth-order valence-corrected chi connectivity index (χ4v) is 6.49. The third-order valence-corrected chi connectivity index (χ3v) is 9.23. The van der Waals surface area contributed by atoms with Gasteiger partial charge in [-0.2, -0.15) is 4.31 Å². The average Bonchev–Trinajstić information content (AvgIpc) is 3.11. The zero-order chi connectivity index (χ0) is 19.9. The molecule has 0 spiro atoms. The second-order valence-electron chi connectivity index (χ2n) is 7.89. The van der Waals surface area contributed by atoms with E-state index in [0.717, 1.165) is 35.7 Å². The van der Waals surface area contributed by atoms with E-state index in [1.807, 2.05) is 11.3 Å². The number of fused-ring (bicyclic) bond motifs is 3. The van der Waals surface area contributed by atoms with Crippen LogP contribution in [0.15, 0.2) is 0 Å². The van der Waals surface area contributed by atoms with Crippen LogP contribution in [0.3, 0.4) is 0 Å². The summed E-state index contributed by atoms with van der Waals surface area (Å²) in [6.45, 7) is 8.52. The van der Waals surface area contributed by atoms with Crippen molar-refractivity contribution >= 4 is 37.4 Å². The van der Waals surface area contributed by atoms with Crippen LogP contribution in [0.5, 0.6) is 0 Å². The van der Waals surface area contributed by atoms with Gasteiger partial charge in [0.05, 0.1) is 11.1 Å². The van der Waals surface area contributed by atoms with Crippen LogP contribution in [0.25, 0.3) is 10.2 Å². The Balaban J connectivity index is 1.74. The maximum Gasteiger partial charge on any atom is 0.213 e. The molecule has 0 aromatic carbocycles. The summed E-state index contributed by atoms with van der Waals surface area (Å²) in [6.07, 6.45) is 5.76. The second kappa shape index (κ2) is 7.88. The first-order chi connectivity index (χ1) is 13.4. The molecule has 2 aromatic rings. The summed E-state index contributed by atoms with van der Waals surface area (Å²) >= 11 is 1.84. The first kappa shape index (κ1) is 20.0. The van der Waals surface area contributed by atoms with Gasteiger partial charge in [-0.25, -0.2) is 18.4 Å². The number of aryl methyl sites for hydroxylation is 2. The van der Waals surface area contributed by atoms with Gasteiger partial charge in [-0.05, 0) is 44.6 Å². The Kier molecular flexibility index (Phi) is 5.64. The predicted octanol–water partition coefficient (Wildman–Crippen LogP) is 3.56. The maximum atomic E-state index is 12.2. The van der Waals surface area contributed by atoms with Crippen molar-refractivity contribution in [1.29, 1.82) is 0 Å². The second-order valence-corrected chi connectivity index (χ2v) is 11.2. The summed E-state index contributed by atoms with van der Waals surface area (Å²) in [5.74, 6) is 2.45. The molecular formula is C20H30N4O2S2. The van der Waals surface area contributed by atoms with Gasteiger partial charge < -0.3 is 4.90 Å². The lowest BCUT2D eigenvalue weighted by Gasteiger charge is -2.35. The van der Waals surface area contributed by atoms with Crippen LogP contribution in [0.1, 0.15) is 62.2 Å². The first-order valence-corrected chi connectivity index (χ1v) is 12.9. The van der Waals surface area contributed by atoms with Crippen molar-refractivity contribution in [2.75, 3.05) is 36.8 Å². The van der Waals surface area contributed by atoms with Gasteiger partial charge in [0.15, 0.2) is 0 Å². The van der Waals surface area contributed by atoms with Gasteiger partial charge in [-0.1, -0.05) is 13.8 Å². The summed E-state index contributed by atoms with van der Waals surface area (Å²) < 4.78 is 26.1. The average molecular weight is 423 g/mol. The first-order valence-electron chi connectivity index (χ1n) is 10.5. The standard InChI is InChI=1S/C20H30N4O2S2/c1-4-14(3)18-21-19(23-10-12-24(13-11-23)28(25,26)5-2)17-15-8-6-7-9-16(15)27-20(17)22-18/h14H,4-13H2,1-3H3/t14-/m1/s1. The summed E-state index contributed by atoms with van der Waals surface area (Å²) in [5.41, 5.74) is 1.44. The van der Waals surface area contributed by atoms with Crippen molar-refractivity contribution in [3.8, 4) is 0 Å². The Labute approximate surface area is 172 Å². The molecule has 4 rings (SSSR count). The largest absolute Gasteiger partial charge is 0.353 e. The monoisotopic (exact) mass is 422 g/mol. The van der Waals surface area contributed by atoms with E-state index >= 15 is 0 Å². The molecule has 1 aliphatic carbocycles. The Morgan fingerprint density at radius 1 is 1.07 bits per heavy atom. The molecule has 2 aromatic heterocycles. The van der Waals surface area contributed by atoms with Crippen molar-refractivity contribution in [2.45, 2.75) is 58.8 Å². The van der Waals surface area contributed by atoms with Gasteiger partial charge >= 0.3 is 0 Å². The normalized spacial score (nSPS) is 19.8. The van der Waals surface area contributed by atoms with Gasteiger partial charge in [0.25, 0.3) is 0 Å². The number of piperazine rings is 1. The van der Waals surface area contributed by atoms with Crippen molar-refractivity contribution in [3.63, 3.8) is 0 Å². The zero-order valence-electron chi connectivity index (χ0n) is 17.1. The van der Waals surface area contributed by atoms with Gasteiger partial charge in [-0.15, -0.1) is 11.3 Å². The van der Waals surface area contributed by atoms with Crippen molar-refractivity contribution in [3.05, 3.63) is 16.3 Å². The molecule has 0 N–H and O–H groups in total. The minimum atomic E-state index is -3.12. The molecule has 1 fully saturated rings. The van der Waals surface area contributed by atoms with Crippen LogP contribution in [-0.2, 0) is 22.9 Å². The van der Waals surface area contributed by atoms with Crippen LogP contribution in [0.2, 0.25) is 0 Å². The molecule has 0 amide bonds. The molecule has 1 atom stereocenters. The molecular weight excluding hydrogens is 392 g/mol. The van der Waals surface area contributed by atoms with Gasteiger partial charge in [-0.3, -0.25) is 0 Å². The number of hydrogen-bond acceptors (Lipinski definition) is 6. The van der Waals surface area contributed by atoms with Gasteiger partial charge in [0.2, 0.25) is 10.0 Å². The molecule has 28 heavy (non-hydrogen) atoms. The zero-order valence-corrected chi connectivity index (χ0v) is 18.7. The van der Waals surface area contributed by atoms with Crippen LogP contribution in [-0.4, -0.2) is 54.6 Å². The van der Waals surface area contributed by atoms with E-state index in [0.29, 0.717) is 32.1 Å². The predicted molar refractivity (Wildman–Crippen MR) is 116 cm³/mol. The van der Waals surface area contributed by atoms with Crippen molar-refractivity contribution in [1.82, 2.24) is 14.3 Å². The van der Waals surface area contributed by atoms with E-state index in [1.165, 1.54) is 28.7 Å². The SMILES string of the molecule is CC[C@@H](C)c1nc(N2CCN(S(=O)(=O)CC)CC2)c2c3c(sc2n1)CCCC3. The Hall–Kier alpha value is -1.25. The fraction of sp³-hybridized carbons (Fsp3) is 0.700. The lowest BCUT2D eigenvalue weighted by molar-refractivity contribution is 0.384. The molecule has 0 saturated carbocycles. The smallest absolute Gasteiger partial charge is 0.213 e. The molecule has 1 aliphatic heterocycles. The van der Waals surface area contributed by atoms with Crippen molar-refractivity contribution < 1.29 is 8.42 Å². The number of sulfonamides is 1. The number of thiophene rings is 1. The van der Waals surface area contributed by atoms with Crippen LogP contribution in [0.4, 0.5) is 5.82 Å². The van der Waals surface area contributed by atoms with E-state index in [2.05, 4.69) is 18.7 Å². The van der Waals surface area contributed by atoms with Crippen LogP contribution < -0.4 is 4.90 Å². The Morgan fingerprint density at radius 2 is 1.79 bits per heavy atom. The molecule has 0 bridgehead atoms. The summed E-state index contributed by atoms with van der Waals surface area (Å²) in [5, 5.41) is 1.23. The molecule has 3 heterocycles. The minimum Gasteiger partial charge on any atom is -0.353 e. The third-order valence-electron chi connectivity index (χ3n) is 6.16. The highest BCUT2D eigenvalue weighted by atomic mass is 32.2. The van der Waals surface area contributed by atoms with E-state index in [4.69, 9.17) is 9.97 Å². The van der Waals surface area contributed by atoms with Crippen LogP contribution in [0, 0.1) is 0 Å². The van der Waals surface area contributed by atoms with Gasteiger partial charge in [0, 0.05) is 37.0 Å². The number of nitrogens with zero attached hydrogens (tertiary/aromatic N) is 4. The lowest BCUT2D eigenvalue weighted by atomic mass is 9.96. The highest BCUT2D eigenvalue weighted by Gasteiger charge is 2.29. The molecule has 8 heteroatoms. The number of rotatable bonds is 5. The fourth-order valence-electron chi connectivity index (χ4n) is 4.15. The number of hydrogen-bond donors (Lipinski definition) is 0. The van der Waals surface area contributed by atoms with E-state index in [1.54, 1.807) is 11.2 Å². The highest BCUT2D eigenvalue weighted by molar-refractivity contribution is 7.89. The van der Waals surface area contributed by atoms with Gasteiger partial charge in [0.1, 0.15) is 16.5 Å². The molecule has 0 unspecified atom stereocenters. The molecule has 0 radical (unpaired) electrons. The summed E-state index contributed by atoms with van der Waals surface area (Å²) in [6, 6.07) is 0. The molecule has 6 nitrogen and oxygen atoms in total. The number of anilines is 1. The number of aromatic nitrogens is 2. The van der Waals surface area contributed by atoms with E-state index in [-0.39, 0.29) is 5.75 Å². The van der Waals surface area contributed by atoms with Crippen molar-refractivity contribution in [2.24, 2.45) is 0 Å². The summed E-state index contributed by atoms with van der Waals surface area (Å²) in [7, 11) is -3.12. The molecule has 2 aliphatic rings. The quantitative estimate of drug-likeness (QED) is 0.737. The lowest BCUT2D eigenvalue weighted by Crippen LogP contribution is -2.49. The third kappa shape index (κ3) is 3.55. The Morgan fingerprint density at radius 3 is 2.46 bits per heavy atom. The van der Waals surface area contributed by atoms with E-state index < -0.39 is 10.0 Å². The van der Waals surface area contributed by atoms with Crippen LogP contribution >= 0.6 is 11.3 Å². The minimum absolute atomic E-state index is 0.168. The molecule has 154 valence electrons.